The van der Waals surface area contributed by atoms with E-state index in [1.807, 2.05) is 6.92 Å². The molecule has 1 heterocycles. The van der Waals surface area contributed by atoms with E-state index in [1.165, 1.54) is 28.6 Å². The molecule has 30 heavy (non-hydrogen) atoms. The van der Waals surface area contributed by atoms with E-state index in [2.05, 4.69) is 15.3 Å². The molecule has 0 aliphatic heterocycles. The van der Waals surface area contributed by atoms with Gasteiger partial charge in [-0.2, -0.15) is 4.31 Å². The second-order valence-corrected chi connectivity index (χ2v) is 9.67. The molecule has 2 aromatic rings. The Labute approximate surface area is 185 Å². The fourth-order valence-electron chi connectivity index (χ4n) is 2.73. The maximum atomic E-state index is 12.7. The molecule has 0 fully saturated rings. The number of rotatable bonds is 10. The number of H-pyrrole nitrogens is 1. The molecule has 0 spiro atoms. The van der Waals surface area contributed by atoms with Crippen LogP contribution in [0.25, 0.3) is 0 Å². The lowest BCUT2D eigenvalue weighted by atomic mass is 10.2. The zero-order chi connectivity index (χ0) is 22.3. The number of sulfonamides is 1. The smallest absolute Gasteiger partial charge is 0.251 e. The van der Waals surface area contributed by atoms with E-state index in [4.69, 9.17) is 11.6 Å². The van der Waals surface area contributed by atoms with Gasteiger partial charge in [-0.05, 0) is 24.6 Å². The first kappa shape index (κ1) is 24.4. The van der Waals surface area contributed by atoms with Crippen molar-refractivity contribution in [3.05, 3.63) is 45.3 Å². The summed E-state index contributed by atoms with van der Waals surface area (Å²) in [5, 5.41) is 3.21. The fraction of sp³-hybridized carbons (Fsp3) is 0.421. The molecule has 2 N–H and O–H groups in total. The number of nitrogens with zero attached hydrogens (tertiary/aromatic N) is 2. The first-order valence-electron chi connectivity index (χ1n) is 9.53. The molecule has 8 nitrogen and oxygen atoms in total. The monoisotopic (exact) mass is 472 g/mol. The number of anilines is 1. The molecule has 1 aromatic heterocycles. The van der Waals surface area contributed by atoms with E-state index in [0.717, 1.165) is 18.2 Å². The second kappa shape index (κ2) is 10.9. The van der Waals surface area contributed by atoms with E-state index in [0.29, 0.717) is 30.4 Å². The van der Waals surface area contributed by atoms with Gasteiger partial charge in [0.15, 0.2) is 5.16 Å². The first-order valence-corrected chi connectivity index (χ1v) is 12.3. The Balaban J connectivity index is 2.13. The van der Waals surface area contributed by atoms with Crippen LogP contribution in [0.2, 0.25) is 5.02 Å². The van der Waals surface area contributed by atoms with Crippen molar-refractivity contribution >= 4 is 45.0 Å². The molecule has 1 amide bonds. The number of aryl methyl sites for hydroxylation is 1. The molecule has 0 atom stereocenters. The minimum Gasteiger partial charge on any atom is -0.324 e. The van der Waals surface area contributed by atoms with Gasteiger partial charge in [-0.25, -0.2) is 13.4 Å². The first-order chi connectivity index (χ1) is 14.2. The summed E-state index contributed by atoms with van der Waals surface area (Å²) in [5.74, 6) is -0.426. The summed E-state index contributed by atoms with van der Waals surface area (Å²) in [6.07, 6.45) is 1.53. The lowest BCUT2D eigenvalue weighted by Gasteiger charge is -2.19. The molecule has 0 radical (unpaired) electrons. The predicted octanol–water partition coefficient (Wildman–Crippen LogP) is 3.14. The largest absolute Gasteiger partial charge is 0.324 e. The van der Waals surface area contributed by atoms with Crippen molar-refractivity contribution in [1.82, 2.24) is 14.3 Å². The Morgan fingerprint density at radius 1 is 1.23 bits per heavy atom. The number of hydrogen-bond acceptors (Lipinski definition) is 6. The molecule has 0 aliphatic rings. The van der Waals surface area contributed by atoms with Crippen LogP contribution in [0, 0.1) is 0 Å². The number of hydrogen-bond donors (Lipinski definition) is 2. The Morgan fingerprint density at radius 2 is 1.93 bits per heavy atom. The Bertz CT molecular complexity index is 1050. The second-order valence-electron chi connectivity index (χ2n) is 6.36. The van der Waals surface area contributed by atoms with Crippen LogP contribution >= 0.6 is 23.4 Å². The number of benzene rings is 1. The fourth-order valence-corrected chi connectivity index (χ4v) is 5.07. The number of amides is 1. The number of carbonyl (C=O) groups excluding carboxylic acids is 1. The van der Waals surface area contributed by atoms with Gasteiger partial charge in [-0.1, -0.05) is 50.6 Å². The minimum absolute atomic E-state index is 0.0259. The summed E-state index contributed by atoms with van der Waals surface area (Å²) in [6, 6.07) is 5.64. The third-order valence-electron chi connectivity index (χ3n) is 4.17. The highest BCUT2D eigenvalue weighted by atomic mass is 35.5. The number of nitrogens with one attached hydrogen (secondary N) is 2. The van der Waals surface area contributed by atoms with Crippen LogP contribution in [-0.4, -0.2) is 47.4 Å². The van der Waals surface area contributed by atoms with Crippen LogP contribution in [-0.2, 0) is 21.2 Å². The summed E-state index contributed by atoms with van der Waals surface area (Å²) in [4.78, 5) is 31.1. The maximum absolute atomic E-state index is 12.7. The maximum Gasteiger partial charge on any atom is 0.251 e. The number of carbonyl (C=O) groups is 1. The number of aromatic nitrogens is 2. The van der Waals surface area contributed by atoms with Crippen molar-refractivity contribution in [2.45, 2.75) is 43.7 Å². The summed E-state index contributed by atoms with van der Waals surface area (Å²) >= 11 is 7.22. The SMILES string of the molecule is CCCc1cc(=O)[nH]c(SCC(=O)Nc2cc(S(=O)(=O)N(CC)CC)ccc2Cl)n1. The Morgan fingerprint density at radius 3 is 2.57 bits per heavy atom. The van der Waals surface area contributed by atoms with Gasteiger partial charge in [0.2, 0.25) is 15.9 Å². The van der Waals surface area contributed by atoms with E-state index in [9.17, 15) is 18.0 Å². The molecule has 164 valence electrons. The van der Waals surface area contributed by atoms with E-state index < -0.39 is 15.9 Å². The van der Waals surface area contributed by atoms with Gasteiger partial charge in [0.05, 0.1) is 21.4 Å². The van der Waals surface area contributed by atoms with Crippen LogP contribution < -0.4 is 10.9 Å². The van der Waals surface area contributed by atoms with E-state index in [1.54, 1.807) is 13.8 Å². The minimum atomic E-state index is -3.68. The average molecular weight is 473 g/mol. The highest BCUT2D eigenvalue weighted by Crippen LogP contribution is 2.27. The molecule has 0 saturated heterocycles. The van der Waals surface area contributed by atoms with E-state index in [-0.39, 0.29) is 26.9 Å². The van der Waals surface area contributed by atoms with Gasteiger partial charge < -0.3 is 10.3 Å². The molecule has 0 saturated carbocycles. The van der Waals surface area contributed by atoms with Crippen molar-refractivity contribution in [2.75, 3.05) is 24.2 Å². The van der Waals surface area contributed by atoms with Crippen molar-refractivity contribution in [3.63, 3.8) is 0 Å². The summed E-state index contributed by atoms with van der Waals surface area (Å²) < 4.78 is 26.7. The van der Waals surface area contributed by atoms with Gasteiger partial charge in [-0.15, -0.1) is 0 Å². The Kier molecular flexibility index (Phi) is 8.90. The van der Waals surface area contributed by atoms with Crippen LogP contribution in [0.3, 0.4) is 0 Å². The highest BCUT2D eigenvalue weighted by Gasteiger charge is 2.22. The third-order valence-corrected chi connectivity index (χ3v) is 7.42. The van der Waals surface area contributed by atoms with Gasteiger partial charge >= 0.3 is 0 Å². The quantitative estimate of drug-likeness (QED) is 0.405. The van der Waals surface area contributed by atoms with Gasteiger partial charge in [0.25, 0.3) is 5.56 Å². The van der Waals surface area contributed by atoms with Crippen molar-refractivity contribution in [3.8, 4) is 0 Å². The standard InChI is InChI=1S/C19H25ClN4O4S2/c1-4-7-13-10-17(25)23-19(21-13)29-12-18(26)22-16-11-14(8-9-15(16)20)30(27,28)24(5-2)6-3/h8-11H,4-7,12H2,1-3H3,(H,22,26)(H,21,23,25). The predicted molar refractivity (Wildman–Crippen MR) is 120 cm³/mol. The molecule has 0 unspecified atom stereocenters. The van der Waals surface area contributed by atoms with E-state index >= 15 is 0 Å². The molecule has 2 rings (SSSR count). The highest BCUT2D eigenvalue weighted by molar-refractivity contribution is 7.99. The van der Waals surface area contributed by atoms with Crippen molar-refractivity contribution in [2.24, 2.45) is 0 Å². The zero-order valence-corrected chi connectivity index (χ0v) is 19.5. The normalized spacial score (nSPS) is 11.6. The molecule has 0 aliphatic carbocycles. The number of aromatic amines is 1. The molecule has 1 aromatic carbocycles. The summed E-state index contributed by atoms with van der Waals surface area (Å²) in [5.41, 5.74) is 0.604. The lowest BCUT2D eigenvalue weighted by molar-refractivity contribution is -0.113. The third kappa shape index (κ3) is 6.31. The van der Waals surface area contributed by atoms with Gasteiger partial charge in [0.1, 0.15) is 0 Å². The average Bonchev–Trinajstić information content (AvgIpc) is 2.68. The molecule has 0 bridgehead atoms. The summed E-state index contributed by atoms with van der Waals surface area (Å²) in [7, 11) is -3.68. The summed E-state index contributed by atoms with van der Waals surface area (Å²) in [6.45, 7) is 6.17. The molecular formula is C19H25ClN4O4S2. The molecular weight excluding hydrogens is 448 g/mol. The number of thioether (sulfide) groups is 1. The van der Waals surface area contributed by atoms with Crippen molar-refractivity contribution < 1.29 is 13.2 Å². The van der Waals surface area contributed by atoms with Crippen LogP contribution in [0.4, 0.5) is 5.69 Å². The zero-order valence-electron chi connectivity index (χ0n) is 17.1. The topological polar surface area (TPSA) is 112 Å². The van der Waals surface area contributed by atoms with Crippen LogP contribution in [0.15, 0.2) is 39.1 Å². The Hall–Kier alpha value is -1.88. The van der Waals surface area contributed by atoms with Crippen molar-refractivity contribution in [1.29, 1.82) is 0 Å². The van der Waals surface area contributed by atoms with Gasteiger partial charge in [-0.3, -0.25) is 9.59 Å². The van der Waals surface area contributed by atoms with Crippen LogP contribution in [0.5, 0.6) is 0 Å². The van der Waals surface area contributed by atoms with Gasteiger partial charge in [0, 0.05) is 24.8 Å². The van der Waals surface area contributed by atoms with Crippen LogP contribution in [0.1, 0.15) is 32.9 Å². The molecule has 11 heteroatoms. The lowest BCUT2D eigenvalue weighted by Crippen LogP contribution is -2.30. The number of halogens is 1.